The Morgan fingerprint density at radius 1 is 1.03 bits per heavy atom. The molecule has 0 radical (unpaired) electrons. The molecule has 6 heteroatoms. The molecular weight excluding hydrogens is 366 g/mol. The van der Waals surface area contributed by atoms with E-state index in [1.807, 2.05) is 54.8 Å². The van der Waals surface area contributed by atoms with E-state index in [9.17, 15) is 9.59 Å². The molecule has 0 unspecified atom stereocenters. The standard InChI is InChI=1S/C23H25N3O3/c1-4-29-23(28)21-13-16(2)26(17(21)3)15-22(27)25-20-7-5-18(6-8-20)14-19-9-11-24-12-10-19/h5-13H,4,14-15H2,1-3H3,(H,25,27). The first kappa shape index (κ1) is 20.3. The molecule has 29 heavy (non-hydrogen) atoms. The monoisotopic (exact) mass is 391 g/mol. The summed E-state index contributed by atoms with van der Waals surface area (Å²) < 4.78 is 6.89. The molecule has 0 aliphatic carbocycles. The summed E-state index contributed by atoms with van der Waals surface area (Å²) >= 11 is 0. The van der Waals surface area contributed by atoms with E-state index in [0.29, 0.717) is 12.2 Å². The number of hydrogen-bond acceptors (Lipinski definition) is 4. The summed E-state index contributed by atoms with van der Waals surface area (Å²) in [5.74, 6) is -0.513. The molecular formula is C23H25N3O3. The number of pyridine rings is 1. The highest BCUT2D eigenvalue weighted by Gasteiger charge is 2.18. The first-order valence-corrected chi connectivity index (χ1v) is 9.59. The molecule has 1 aromatic carbocycles. The van der Waals surface area contributed by atoms with Crippen LogP contribution in [0.3, 0.4) is 0 Å². The number of ether oxygens (including phenoxy) is 1. The van der Waals surface area contributed by atoms with Gasteiger partial charge in [-0.2, -0.15) is 0 Å². The largest absolute Gasteiger partial charge is 0.462 e. The third kappa shape index (κ3) is 5.10. The van der Waals surface area contributed by atoms with Gasteiger partial charge in [0.2, 0.25) is 5.91 Å². The van der Waals surface area contributed by atoms with Crippen molar-refractivity contribution in [3.63, 3.8) is 0 Å². The van der Waals surface area contributed by atoms with Gasteiger partial charge in [0.05, 0.1) is 12.2 Å². The van der Waals surface area contributed by atoms with E-state index in [1.54, 1.807) is 25.4 Å². The van der Waals surface area contributed by atoms with Crippen LogP contribution in [0.1, 0.15) is 39.8 Å². The second-order valence-electron chi connectivity index (χ2n) is 6.87. The van der Waals surface area contributed by atoms with Crippen LogP contribution in [0.4, 0.5) is 5.69 Å². The first-order valence-electron chi connectivity index (χ1n) is 9.59. The smallest absolute Gasteiger partial charge is 0.339 e. The molecule has 2 aromatic heterocycles. The van der Waals surface area contributed by atoms with Crippen molar-refractivity contribution in [1.29, 1.82) is 0 Å². The van der Waals surface area contributed by atoms with Crippen molar-refractivity contribution < 1.29 is 14.3 Å². The Bertz CT molecular complexity index is 992. The molecule has 3 rings (SSSR count). The normalized spacial score (nSPS) is 10.6. The lowest BCUT2D eigenvalue weighted by Gasteiger charge is -2.11. The number of benzene rings is 1. The summed E-state index contributed by atoms with van der Waals surface area (Å²) in [5, 5.41) is 2.91. The lowest BCUT2D eigenvalue weighted by atomic mass is 10.1. The summed E-state index contributed by atoms with van der Waals surface area (Å²) in [5.41, 5.74) is 5.15. The van der Waals surface area contributed by atoms with Crippen molar-refractivity contribution in [2.75, 3.05) is 11.9 Å². The Balaban J connectivity index is 1.63. The fraction of sp³-hybridized carbons (Fsp3) is 0.261. The zero-order valence-corrected chi connectivity index (χ0v) is 16.9. The van der Waals surface area contributed by atoms with Crippen LogP contribution in [0, 0.1) is 13.8 Å². The van der Waals surface area contributed by atoms with Gasteiger partial charge in [0, 0.05) is 29.5 Å². The Kier molecular flexibility index (Phi) is 6.44. The molecule has 3 aromatic rings. The molecule has 6 nitrogen and oxygen atoms in total. The lowest BCUT2D eigenvalue weighted by Crippen LogP contribution is -2.20. The second kappa shape index (κ2) is 9.19. The molecule has 1 N–H and O–H groups in total. The Morgan fingerprint density at radius 3 is 2.34 bits per heavy atom. The predicted molar refractivity (Wildman–Crippen MR) is 112 cm³/mol. The maximum Gasteiger partial charge on any atom is 0.339 e. The highest BCUT2D eigenvalue weighted by atomic mass is 16.5. The van der Waals surface area contributed by atoms with Gasteiger partial charge in [-0.05, 0) is 68.7 Å². The number of nitrogens with one attached hydrogen (secondary N) is 1. The van der Waals surface area contributed by atoms with Gasteiger partial charge in [0.1, 0.15) is 6.54 Å². The number of carbonyl (C=O) groups excluding carboxylic acids is 2. The molecule has 0 aliphatic heterocycles. The van der Waals surface area contributed by atoms with Gasteiger partial charge in [-0.15, -0.1) is 0 Å². The molecule has 0 spiro atoms. The van der Waals surface area contributed by atoms with Gasteiger partial charge in [-0.25, -0.2) is 4.79 Å². The van der Waals surface area contributed by atoms with E-state index in [-0.39, 0.29) is 18.4 Å². The minimum absolute atomic E-state index is 0.135. The topological polar surface area (TPSA) is 73.2 Å². The zero-order valence-electron chi connectivity index (χ0n) is 16.9. The molecule has 2 heterocycles. The van der Waals surface area contributed by atoms with E-state index in [1.165, 1.54) is 5.56 Å². The van der Waals surface area contributed by atoms with Crippen molar-refractivity contribution >= 4 is 17.6 Å². The maximum atomic E-state index is 12.5. The number of amides is 1. The van der Waals surface area contributed by atoms with E-state index in [0.717, 1.165) is 29.1 Å². The number of aryl methyl sites for hydroxylation is 1. The predicted octanol–water partition coefficient (Wildman–Crippen LogP) is 3.91. The van der Waals surface area contributed by atoms with Gasteiger partial charge in [-0.1, -0.05) is 12.1 Å². The molecule has 1 amide bonds. The second-order valence-corrected chi connectivity index (χ2v) is 6.87. The number of aromatic nitrogens is 2. The Labute approximate surface area is 170 Å². The summed E-state index contributed by atoms with van der Waals surface area (Å²) in [6.45, 7) is 5.92. The maximum absolute atomic E-state index is 12.5. The Hall–Kier alpha value is -3.41. The van der Waals surface area contributed by atoms with Crippen LogP contribution in [-0.2, 0) is 22.5 Å². The van der Waals surface area contributed by atoms with E-state index < -0.39 is 0 Å². The summed E-state index contributed by atoms with van der Waals surface area (Å²) in [6, 6.07) is 13.5. The van der Waals surface area contributed by atoms with Crippen molar-refractivity contribution in [3.8, 4) is 0 Å². The minimum atomic E-state index is -0.364. The average molecular weight is 391 g/mol. The molecule has 0 saturated carbocycles. The van der Waals surface area contributed by atoms with Crippen LogP contribution in [0.15, 0.2) is 54.9 Å². The minimum Gasteiger partial charge on any atom is -0.462 e. The number of esters is 1. The van der Waals surface area contributed by atoms with Crippen LogP contribution >= 0.6 is 0 Å². The van der Waals surface area contributed by atoms with Crippen LogP contribution in [0.5, 0.6) is 0 Å². The SMILES string of the molecule is CCOC(=O)c1cc(C)n(CC(=O)Nc2ccc(Cc3ccncc3)cc2)c1C. The van der Waals surface area contributed by atoms with Gasteiger partial charge in [-0.3, -0.25) is 9.78 Å². The molecule has 150 valence electrons. The van der Waals surface area contributed by atoms with Gasteiger partial charge >= 0.3 is 5.97 Å². The zero-order chi connectivity index (χ0) is 20.8. The highest BCUT2D eigenvalue weighted by Crippen LogP contribution is 2.17. The fourth-order valence-corrected chi connectivity index (χ4v) is 3.25. The lowest BCUT2D eigenvalue weighted by molar-refractivity contribution is -0.116. The number of nitrogens with zero attached hydrogens (tertiary/aromatic N) is 2. The van der Waals surface area contributed by atoms with Crippen LogP contribution < -0.4 is 5.32 Å². The van der Waals surface area contributed by atoms with E-state index >= 15 is 0 Å². The van der Waals surface area contributed by atoms with Crippen molar-refractivity contribution in [2.24, 2.45) is 0 Å². The molecule has 0 fully saturated rings. The summed E-state index contributed by atoms with van der Waals surface area (Å²) in [7, 11) is 0. The summed E-state index contributed by atoms with van der Waals surface area (Å²) in [4.78, 5) is 28.6. The molecule has 0 atom stereocenters. The summed E-state index contributed by atoms with van der Waals surface area (Å²) in [6.07, 6.45) is 4.38. The quantitative estimate of drug-likeness (QED) is 0.620. The third-order valence-electron chi connectivity index (χ3n) is 4.77. The van der Waals surface area contributed by atoms with Crippen molar-refractivity contribution in [3.05, 3.63) is 82.9 Å². The Morgan fingerprint density at radius 2 is 1.69 bits per heavy atom. The average Bonchev–Trinajstić information content (AvgIpc) is 2.99. The fourth-order valence-electron chi connectivity index (χ4n) is 3.25. The van der Waals surface area contributed by atoms with E-state index in [4.69, 9.17) is 4.74 Å². The molecule has 0 bridgehead atoms. The number of anilines is 1. The van der Waals surface area contributed by atoms with E-state index in [2.05, 4.69) is 10.3 Å². The van der Waals surface area contributed by atoms with Gasteiger partial charge < -0.3 is 14.6 Å². The van der Waals surface area contributed by atoms with Crippen LogP contribution in [-0.4, -0.2) is 28.0 Å². The van der Waals surface area contributed by atoms with Crippen LogP contribution in [0.2, 0.25) is 0 Å². The molecule has 0 saturated heterocycles. The van der Waals surface area contributed by atoms with Crippen molar-refractivity contribution in [2.45, 2.75) is 33.7 Å². The third-order valence-corrected chi connectivity index (χ3v) is 4.77. The highest BCUT2D eigenvalue weighted by molar-refractivity contribution is 5.93. The van der Waals surface area contributed by atoms with Gasteiger partial charge in [0.15, 0.2) is 0 Å². The number of carbonyl (C=O) groups is 2. The number of hydrogen-bond donors (Lipinski definition) is 1. The molecule has 0 aliphatic rings. The first-order chi connectivity index (χ1) is 14.0. The number of rotatable bonds is 7. The van der Waals surface area contributed by atoms with Gasteiger partial charge in [0.25, 0.3) is 0 Å². The van der Waals surface area contributed by atoms with Crippen LogP contribution in [0.25, 0.3) is 0 Å². The van der Waals surface area contributed by atoms with Crippen molar-refractivity contribution in [1.82, 2.24) is 9.55 Å².